The Morgan fingerprint density at radius 2 is 2.00 bits per heavy atom. The summed E-state index contributed by atoms with van der Waals surface area (Å²) in [6, 6.07) is 8.55. The van der Waals surface area contributed by atoms with E-state index in [2.05, 4.69) is 39.6 Å². The van der Waals surface area contributed by atoms with Gasteiger partial charge in [-0.3, -0.25) is 4.90 Å². The van der Waals surface area contributed by atoms with Crippen LogP contribution in [-0.4, -0.2) is 35.6 Å². The van der Waals surface area contributed by atoms with Crippen molar-refractivity contribution >= 4 is 34.2 Å². The Balaban J connectivity index is 2.18. The third-order valence-corrected chi connectivity index (χ3v) is 4.08. The number of hydrogen-bond acceptors (Lipinski definition) is 2. The molecule has 1 saturated heterocycles. The third-order valence-electron chi connectivity index (χ3n) is 2.90. The van der Waals surface area contributed by atoms with Crippen LogP contribution in [0.3, 0.4) is 0 Å². The van der Waals surface area contributed by atoms with Crippen LogP contribution in [0.4, 0.5) is 0 Å². The Bertz CT molecular complexity index is 342. The molecule has 1 atom stereocenters. The summed E-state index contributed by atoms with van der Waals surface area (Å²) in [4.78, 5) is 2.46. The van der Waals surface area contributed by atoms with Crippen molar-refractivity contribution in [3.63, 3.8) is 0 Å². The zero-order chi connectivity index (χ0) is 11.4. The number of hydrogen-bond donors (Lipinski definition) is 0. The molecule has 4 heteroatoms. The molecule has 0 saturated carbocycles. The summed E-state index contributed by atoms with van der Waals surface area (Å²) in [7, 11) is 0. The Labute approximate surface area is 115 Å². The van der Waals surface area contributed by atoms with Crippen molar-refractivity contribution in [2.45, 2.75) is 6.04 Å². The molecule has 1 aliphatic rings. The highest BCUT2D eigenvalue weighted by molar-refractivity contribution is 14.1. The Morgan fingerprint density at radius 1 is 1.31 bits per heavy atom. The quantitative estimate of drug-likeness (QED) is 0.613. The molecule has 0 amide bonds. The standard InChI is InChI=1S/C12H15ClINO/c13-11-4-2-1-3-10(11)12(9-14)15-5-7-16-8-6-15/h1-4,12H,5-9H2. The van der Waals surface area contributed by atoms with E-state index in [0.717, 1.165) is 35.8 Å². The lowest BCUT2D eigenvalue weighted by Gasteiger charge is -2.34. The summed E-state index contributed by atoms with van der Waals surface area (Å²) in [5.74, 6) is 0. The first-order valence-electron chi connectivity index (χ1n) is 5.45. The largest absolute Gasteiger partial charge is 0.379 e. The van der Waals surface area contributed by atoms with E-state index in [-0.39, 0.29) is 0 Å². The molecule has 0 spiro atoms. The van der Waals surface area contributed by atoms with Crippen LogP contribution in [0.15, 0.2) is 24.3 Å². The normalized spacial score (nSPS) is 19.6. The van der Waals surface area contributed by atoms with Crippen molar-refractivity contribution in [3.05, 3.63) is 34.9 Å². The zero-order valence-corrected chi connectivity index (χ0v) is 11.9. The number of halogens is 2. The summed E-state index contributed by atoms with van der Waals surface area (Å²) in [6.45, 7) is 3.66. The second kappa shape index (κ2) is 6.19. The van der Waals surface area contributed by atoms with Gasteiger partial charge in [0.2, 0.25) is 0 Å². The number of morpholine rings is 1. The highest BCUT2D eigenvalue weighted by Gasteiger charge is 2.22. The number of alkyl halides is 1. The minimum Gasteiger partial charge on any atom is -0.379 e. The molecule has 1 heterocycles. The topological polar surface area (TPSA) is 12.5 Å². The maximum Gasteiger partial charge on any atom is 0.0594 e. The molecule has 0 aromatic heterocycles. The van der Waals surface area contributed by atoms with Gasteiger partial charge < -0.3 is 4.74 Å². The lowest BCUT2D eigenvalue weighted by Crippen LogP contribution is -2.39. The predicted molar refractivity (Wildman–Crippen MR) is 75.5 cm³/mol. The van der Waals surface area contributed by atoms with Gasteiger partial charge in [0.05, 0.1) is 13.2 Å². The molecule has 0 radical (unpaired) electrons. The van der Waals surface area contributed by atoms with Crippen molar-refractivity contribution in [1.82, 2.24) is 4.90 Å². The van der Waals surface area contributed by atoms with E-state index in [9.17, 15) is 0 Å². The van der Waals surface area contributed by atoms with Gasteiger partial charge in [-0.15, -0.1) is 0 Å². The average molecular weight is 352 g/mol. The zero-order valence-electron chi connectivity index (χ0n) is 9.03. The van der Waals surface area contributed by atoms with E-state index in [0.29, 0.717) is 6.04 Å². The van der Waals surface area contributed by atoms with Crippen LogP contribution >= 0.6 is 34.2 Å². The van der Waals surface area contributed by atoms with Gasteiger partial charge in [0.1, 0.15) is 0 Å². The summed E-state index contributed by atoms with van der Waals surface area (Å²) < 4.78 is 6.44. The van der Waals surface area contributed by atoms with E-state index in [4.69, 9.17) is 16.3 Å². The highest BCUT2D eigenvalue weighted by atomic mass is 127. The van der Waals surface area contributed by atoms with Gasteiger partial charge in [0, 0.05) is 28.6 Å². The molecular formula is C12H15ClINO. The molecule has 1 aromatic carbocycles. The molecule has 0 bridgehead atoms. The molecule has 16 heavy (non-hydrogen) atoms. The summed E-state index contributed by atoms with van der Waals surface area (Å²) in [5.41, 5.74) is 1.24. The molecule has 2 nitrogen and oxygen atoms in total. The van der Waals surface area contributed by atoms with Gasteiger partial charge in [0.25, 0.3) is 0 Å². The maximum atomic E-state index is 6.26. The van der Waals surface area contributed by atoms with Crippen molar-refractivity contribution in [3.8, 4) is 0 Å². The highest BCUT2D eigenvalue weighted by Crippen LogP contribution is 2.29. The average Bonchev–Trinajstić information content (AvgIpc) is 2.34. The molecule has 2 rings (SSSR count). The van der Waals surface area contributed by atoms with Gasteiger partial charge in [0.15, 0.2) is 0 Å². The minimum atomic E-state index is 0.415. The summed E-state index contributed by atoms with van der Waals surface area (Å²) >= 11 is 8.69. The van der Waals surface area contributed by atoms with Crippen LogP contribution in [-0.2, 0) is 4.74 Å². The van der Waals surface area contributed by atoms with Gasteiger partial charge in [-0.2, -0.15) is 0 Å². The van der Waals surface area contributed by atoms with E-state index >= 15 is 0 Å². The first kappa shape index (κ1) is 12.6. The monoisotopic (exact) mass is 351 g/mol. The SMILES string of the molecule is Clc1ccccc1C(CI)N1CCOCC1. The molecule has 0 aliphatic carbocycles. The van der Waals surface area contributed by atoms with Gasteiger partial charge in [-0.25, -0.2) is 0 Å². The minimum absolute atomic E-state index is 0.415. The maximum absolute atomic E-state index is 6.26. The van der Waals surface area contributed by atoms with E-state index in [1.165, 1.54) is 5.56 Å². The third kappa shape index (κ3) is 2.88. The lowest BCUT2D eigenvalue weighted by molar-refractivity contribution is 0.0214. The fourth-order valence-electron chi connectivity index (χ4n) is 2.01. The van der Waals surface area contributed by atoms with E-state index < -0.39 is 0 Å². The second-order valence-electron chi connectivity index (χ2n) is 3.84. The molecule has 1 aliphatic heterocycles. The summed E-state index contributed by atoms with van der Waals surface area (Å²) in [5, 5.41) is 0.871. The Morgan fingerprint density at radius 3 is 2.62 bits per heavy atom. The van der Waals surface area contributed by atoms with Crippen LogP contribution in [0.25, 0.3) is 0 Å². The van der Waals surface area contributed by atoms with Crippen LogP contribution < -0.4 is 0 Å². The molecule has 1 fully saturated rings. The Kier molecular flexibility index (Phi) is 4.88. The predicted octanol–water partition coefficient (Wildman–Crippen LogP) is 3.15. The van der Waals surface area contributed by atoms with Gasteiger partial charge >= 0.3 is 0 Å². The molecule has 0 N–H and O–H groups in total. The smallest absolute Gasteiger partial charge is 0.0594 e. The van der Waals surface area contributed by atoms with Crippen LogP contribution in [0, 0.1) is 0 Å². The number of nitrogens with zero attached hydrogens (tertiary/aromatic N) is 1. The Hall–Kier alpha value is 0.160. The molecule has 1 unspecified atom stereocenters. The van der Waals surface area contributed by atoms with Crippen LogP contribution in [0.5, 0.6) is 0 Å². The summed E-state index contributed by atoms with van der Waals surface area (Å²) in [6.07, 6.45) is 0. The lowest BCUT2D eigenvalue weighted by atomic mass is 10.1. The van der Waals surface area contributed by atoms with Crippen molar-refractivity contribution in [2.24, 2.45) is 0 Å². The first-order chi connectivity index (χ1) is 7.83. The van der Waals surface area contributed by atoms with Gasteiger partial charge in [-0.05, 0) is 11.6 Å². The van der Waals surface area contributed by atoms with Crippen molar-refractivity contribution in [2.75, 3.05) is 30.7 Å². The number of ether oxygens (including phenoxy) is 1. The first-order valence-corrected chi connectivity index (χ1v) is 7.35. The van der Waals surface area contributed by atoms with Crippen LogP contribution in [0.2, 0.25) is 5.02 Å². The van der Waals surface area contributed by atoms with E-state index in [1.54, 1.807) is 0 Å². The van der Waals surface area contributed by atoms with Crippen molar-refractivity contribution < 1.29 is 4.74 Å². The fourth-order valence-corrected chi connectivity index (χ4v) is 3.31. The fraction of sp³-hybridized carbons (Fsp3) is 0.500. The molecule has 88 valence electrons. The number of benzene rings is 1. The van der Waals surface area contributed by atoms with Crippen molar-refractivity contribution in [1.29, 1.82) is 0 Å². The molecular weight excluding hydrogens is 336 g/mol. The second-order valence-corrected chi connectivity index (χ2v) is 5.13. The van der Waals surface area contributed by atoms with E-state index in [1.807, 2.05) is 12.1 Å². The van der Waals surface area contributed by atoms with Gasteiger partial charge in [-0.1, -0.05) is 52.4 Å². The number of rotatable bonds is 3. The molecule has 1 aromatic rings. The van der Waals surface area contributed by atoms with Crippen LogP contribution in [0.1, 0.15) is 11.6 Å².